The van der Waals surface area contributed by atoms with Crippen molar-refractivity contribution in [2.24, 2.45) is 0 Å². The van der Waals surface area contributed by atoms with Gasteiger partial charge in [-0.1, -0.05) is 103 Å². The molecule has 0 aliphatic rings. The molecule has 0 amide bonds. The highest BCUT2D eigenvalue weighted by Gasteiger charge is 2.24. The van der Waals surface area contributed by atoms with E-state index in [-0.39, 0.29) is 0 Å². The number of rotatable bonds is 4. The average molecular weight is 658 g/mol. The molecule has 0 bridgehead atoms. The van der Waals surface area contributed by atoms with E-state index in [2.05, 4.69) is 157 Å². The molecule has 0 atom stereocenters. The Labute approximate surface area is 290 Å². The topological polar surface area (TPSA) is 29.5 Å². The van der Waals surface area contributed by atoms with Gasteiger partial charge in [-0.15, -0.1) is 11.3 Å². The van der Waals surface area contributed by atoms with Gasteiger partial charge in [0, 0.05) is 47.4 Å². The van der Waals surface area contributed by atoms with Gasteiger partial charge < -0.3 is 13.7 Å². The zero-order valence-electron chi connectivity index (χ0n) is 26.8. The Kier molecular flexibility index (Phi) is 5.83. The zero-order chi connectivity index (χ0) is 32.8. The molecule has 3 aromatic heterocycles. The molecule has 3 nitrogen and oxygen atoms in total. The van der Waals surface area contributed by atoms with Gasteiger partial charge in [0.25, 0.3) is 0 Å². The van der Waals surface area contributed by atoms with Crippen molar-refractivity contribution in [1.82, 2.24) is 0 Å². The van der Waals surface area contributed by atoms with Crippen LogP contribution in [0.3, 0.4) is 0 Å². The Bertz CT molecular complexity index is 3130. The predicted octanol–water partition coefficient (Wildman–Crippen LogP) is 14.1. The lowest BCUT2D eigenvalue weighted by atomic mass is 10.0. The highest BCUT2D eigenvalue weighted by molar-refractivity contribution is 7.25. The quantitative estimate of drug-likeness (QED) is 0.189. The second-order valence-corrected chi connectivity index (χ2v) is 13.9. The predicted molar refractivity (Wildman–Crippen MR) is 212 cm³/mol. The third-order valence-electron chi connectivity index (χ3n) is 10.0. The minimum atomic E-state index is 0.848. The first-order valence-corrected chi connectivity index (χ1v) is 17.7. The van der Waals surface area contributed by atoms with Crippen LogP contribution in [0.5, 0.6) is 0 Å². The molecule has 0 N–H and O–H groups in total. The number of anilines is 3. The molecule has 0 fully saturated rings. The summed E-state index contributed by atoms with van der Waals surface area (Å²) in [6, 6.07) is 58.3. The summed E-state index contributed by atoms with van der Waals surface area (Å²) in [5.74, 6) is 0. The van der Waals surface area contributed by atoms with Crippen molar-refractivity contribution < 1.29 is 8.83 Å². The number of thiophene rings is 1. The molecule has 11 rings (SSSR count). The van der Waals surface area contributed by atoms with Crippen molar-refractivity contribution in [3.8, 4) is 11.1 Å². The van der Waals surface area contributed by atoms with Crippen molar-refractivity contribution in [3.63, 3.8) is 0 Å². The third-order valence-corrected chi connectivity index (χ3v) is 11.2. The lowest BCUT2D eigenvalue weighted by molar-refractivity contribution is 0.669. The Morgan fingerprint density at radius 2 is 1.10 bits per heavy atom. The summed E-state index contributed by atoms with van der Waals surface area (Å²) in [6.45, 7) is 0. The summed E-state index contributed by atoms with van der Waals surface area (Å²) < 4.78 is 16.0. The molecule has 0 aliphatic heterocycles. The van der Waals surface area contributed by atoms with Gasteiger partial charge in [-0.05, 0) is 77.2 Å². The largest absolute Gasteiger partial charge is 0.455 e. The summed E-state index contributed by atoms with van der Waals surface area (Å²) in [5, 5.41) is 9.20. The van der Waals surface area contributed by atoms with E-state index < -0.39 is 0 Å². The van der Waals surface area contributed by atoms with Gasteiger partial charge in [0.2, 0.25) is 0 Å². The first-order valence-electron chi connectivity index (χ1n) is 16.8. The fraction of sp³-hybridized carbons (Fsp3) is 0. The standard InChI is InChI=1S/C46H27NO2S/c1-2-13-32-28(10-1)22-24-36-44-38(17-9-20-41(44)49-45(32)36)47(39-18-8-16-35-33-14-3-5-19-40(33)48-46(35)39)31-12-7-11-29(26-31)30-23-25-43-37(27-30)34-15-4-6-21-42(34)50-43/h1-27H. The molecule has 8 aromatic carbocycles. The molecule has 234 valence electrons. The molecule has 3 heterocycles. The highest BCUT2D eigenvalue weighted by Crippen LogP contribution is 2.48. The number of hydrogen-bond donors (Lipinski definition) is 0. The van der Waals surface area contributed by atoms with Crippen molar-refractivity contribution in [1.29, 1.82) is 0 Å². The van der Waals surface area contributed by atoms with Crippen LogP contribution in [-0.4, -0.2) is 0 Å². The normalized spacial score (nSPS) is 12.0. The fourth-order valence-corrected chi connectivity index (χ4v) is 8.85. The molecule has 50 heavy (non-hydrogen) atoms. The Morgan fingerprint density at radius 3 is 2.06 bits per heavy atom. The summed E-state index contributed by atoms with van der Waals surface area (Å²) in [4.78, 5) is 2.35. The molecular formula is C46H27NO2S. The van der Waals surface area contributed by atoms with Gasteiger partial charge in [-0.3, -0.25) is 0 Å². The molecule has 0 saturated carbocycles. The Balaban J connectivity index is 1.19. The van der Waals surface area contributed by atoms with Gasteiger partial charge in [-0.2, -0.15) is 0 Å². The van der Waals surface area contributed by atoms with E-state index in [9.17, 15) is 0 Å². The van der Waals surface area contributed by atoms with Crippen molar-refractivity contribution >= 4 is 103 Å². The maximum Gasteiger partial charge on any atom is 0.159 e. The van der Waals surface area contributed by atoms with Gasteiger partial charge >= 0.3 is 0 Å². The molecular weight excluding hydrogens is 631 g/mol. The van der Waals surface area contributed by atoms with Crippen molar-refractivity contribution in [3.05, 3.63) is 164 Å². The van der Waals surface area contributed by atoms with Crippen LogP contribution >= 0.6 is 11.3 Å². The monoisotopic (exact) mass is 657 g/mol. The zero-order valence-corrected chi connectivity index (χ0v) is 27.6. The number of benzene rings is 8. The minimum Gasteiger partial charge on any atom is -0.455 e. The van der Waals surface area contributed by atoms with E-state index in [1.165, 1.54) is 25.7 Å². The van der Waals surface area contributed by atoms with Gasteiger partial charge in [-0.25, -0.2) is 0 Å². The second kappa shape index (κ2) is 10.6. The molecule has 0 saturated heterocycles. The van der Waals surface area contributed by atoms with Crippen molar-refractivity contribution in [2.75, 3.05) is 4.90 Å². The van der Waals surface area contributed by atoms with E-state index >= 15 is 0 Å². The molecule has 11 aromatic rings. The van der Waals surface area contributed by atoms with Gasteiger partial charge in [0.1, 0.15) is 16.7 Å². The lowest BCUT2D eigenvalue weighted by Crippen LogP contribution is -2.10. The van der Waals surface area contributed by atoms with Crippen LogP contribution in [0.2, 0.25) is 0 Å². The van der Waals surface area contributed by atoms with E-state index in [1.54, 1.807) is 0 Å². The van der Waals surface area contributed by atoms with Crippen LogP contribution in [-0.2, 0) is 0 Å². The molecule has 0 spiro atoms. The van der Waals surface area contributed by atoms with E-state index in [1.807, 2.05) is 23.5 Å². The lowest BCUT2D eigenvalue weighted by Gasteiger charge is -2.26. The molecule has 0 aliphatic carbocycles. The number of furan rings is 2. The van der Waals surface area contributed by atoms with Crippen LogP contribution in [0.25, 0.3) is 85.9 Å². The number of fused-ring (bicyclic) bond motifs is 11. The smallest absolute Gasteiger partial charge is 0.159 e. The summed E-state index contributed by atoms with van der Waals surface area (Å²) in [7, 11) is 0. The first kappa shape index (κ1) is 27.6. The second-order valence-electron chi connectivity index (χ2n) is 12.9. The Morgan fingerprint density at radius 1 is 0.400 bits per heavy atom. The maximum atomic E-state index is 6.68. The van der Waals surface area contributed by atoms with Crippen LogP contribution in [0.15, 0.2) is 173 Å². The number of nitrogens with zero attached hydrogens (tertiary/aromatic N) is 1. The number of hydrogen-bond acceptors (Lipinski definition) is 4. The maximum absolute atomic E-state index is 6.68. The Hall–Kier alpha value is -6.36. The van der Waals surface area contributed by atoms with Crippen LogP contribution < -0.4 is 4.90 Å². The third kappa shape index (κ3) is 4.03. The minimum absolute atomic E-state index is 0.848. The van der Waals surface area contributed by atoms with Crippen molar-refractivity contribution in [2.45, 2.75) is 0 Å². The van der Waals surface area contributed by atoms with Crippen LogP contribution in [0, 0.1) is 0 Å². The SMILES string of the molecule is c1cc(-c2ccc3sc4ccccc4c3c2)cc(N(c2cccc3c2oc2ccccc23)c2cccc3oc4c5ccccc5ccc4c23)c1. The fourth-order valence-electron chi connectivity index (χ4n) is 7.77. The van der Waals surface area contributed by atoms with Gasteiger partial charge in [0.15, 0.2) is 5.58 Å². The van der Waals surface area contributed by atoms with E-state index in [0.717, 1.165) is 77.3 Å². The van der Waals surface area contributed by atoms with Crippen LogP contribution in [0.1, 0.15) is 0 Å². The molecule has 4 heteroatoms. The first-order chi connectivity index (χ1) is 24.8. The number of para-hydroxylation sites is 2. The average Bonchev–Trinajstić information content (AvgIpc) is 3.87. The van der Waals surface area contributed by atoms with E-state index in [0.29, 0.717) is 0 Å². The summed E-state index contributed by atoms with van der Waals surface area (Å²) in [6.07, 6.45) is 0. The van der Waals surface area contributed by atoms with Crippen LogP contribution in [0.4, 0.5) is 17.1 Å². The highest BCUT2D eigenvalue weighted by atomic mass is 32.1. The summed E-state index contributed by atoms with van der Waals surface area (Å²) in [5.41, 5.74) is 8.84. The summed E-state index contributed by atoms with van der Waals surface area (Å²) >= 11 is 1.85. The molecule has 0 radical (unpaired) electrons. The van der Waals surface area contributed by atoms with E-state index in [4.69, 9.17) is 8.83 Å². The van der Waals surface area contributed by atoms with Gasteiger partial charge in [0.05, 0.1) is 16.8 Å². The molecule has 0 unspecified atom stereocenters.